The van der Waals surface area contributed by atoms with Gasteiger partial charge in [-0.2, -0.15) is 0 Å². The predicted molar refractivity (Wildman–Crippen MR) is 87.9 cm³/mol. The minimum atomic E-state index is -0.971. The van der Waals surface area contributed by atoms with Gasteiger partial charge in [-0.1, -0.05) is 34.3 Å². The van der Waals surface area contributed by atoms with Gasteiger partial charge in [0.05, 0.1) is 19.5 Å². The van der Waals surface area contributed by atoms with Crippen LogP contribution in [0.3, 0.4) is 0 Å². The van der Waals surface area contributed by atoms with Crippen LogP contribution in [0.2, 0.25) is 4.47 Å². The molecule has 0 fully saturated rings. The highest BCUT2D eigenvalue weighted by Crippen LogP contribution is 2.21. The topological polar surface area (TPSA) is 98.6 Å². The molecular weight excluding hydrogens is 364 g/mol. The number of thiazole rings is 2. The Balaban J connectivity index is 0.000000238. The second-order valence-corrected chi connectivity index (χ2v) is 7.59. The van der Waals surface area contributed by atoms with Crippen LogP contribution in [0.25, 0.3) is 0 Å². The second-order valence-electron chi connectivity index (χ2n) is 4.98. The van der Waals surface area contributed by atoms with Crippen molar-refractivity contribution in [1.82, 2.24) is 9.97 Å². The molecule has 2 rings (SSSR count). The lowest BCUT2D eigenvalue weighted by Gasteiger charge is -2.18. The van der Waals surface area contributed by atoms with Crippen LogP contribution in [0.1, 0.15) is 40.1 Å². The Labute approximate surface area is 145 Å². The Kier molecular flexibility index (Phi) is 6.92. The molecule has 0 radical (unpaired) electrons. The molecule has 0 amide bonds. The number of carboxylic acids is 1. The summed E-state index contributed by atoms with van der Waals surface area (Å²) < 4.78 is 10.1. The molecular formula is C13H15ClN2O5S2. The molecule has 0 aliphatic rings. The SMILES string of the molecule is CC(C)(C)OC(=O)c1cnc(Cl)s1.COc1ncc(C(=O)O)s1. The molecule has 2 aromatic heterocycles. The summed E-state index contributed by atoms with van der Waals surface area (Å²) in [5.41, 5.74) is -0.479. The molecule has 0 spiro atoms. The minimum absolute atomic E-state index is 0.192. The number of carboxylic acid groups (broad SMARTS) is 1. The monoisotopic (exact) mass is 378 g/mol. The number of halogens is 1. The van der Waals surface area contributed by atoms with Crippen molar-refractivity contribution < 1.29 is 24.2 Å². The van der Waals surface area contributed by atoms with E-state index < -0.39 is 11.6 Å². The summed E-state index contributed by atoms with van der Waals surface area (Å²) in [6, 6.07) is 0. The minimum Gasteiger partial charge on any atom is -0.477 e. The fourth-order valence-electron chi connectivity index (χ4n) is 1.13. The molecule has 0 atom stereocenters. The predicted octanol–water partition coefficient (Wildman–Crippen LogP) is 3.60. The molecule has 0 unspecified atom stereocenters. The van der Waals surface area contributed by atoms with Crippen molar-refractivity contribution in [1.29, 1.82) is 0 Å². The highest BCUT2D eigenvalue weighted by molar-refractivity contribution is 7.17. The summed E-state index contributed by atoms with van der Waals surface area (Å²) in [7, 11) is 1.45. The number of nitrogens with zero attached hydrogens (tertiary/aromatic N) is 2. The van der Waals surface area contributed by atoms with Gasteiger partial charge < -0.3 is 14.6 Å². The Morgan fingerprint density at radius 1 is 1.17 bits per heavy atom. The number of rotatable bonds is 3. The molecule has 10 heteroatoms. The molecule has 23 heavy (non-hydrogen) atoms. The van der Waals surface area contributed by atoms with Crippen molar-refractivity contribution in [3.05, 3.63) is 26.6 Å². The number of aromatic nitrogens is 2. The number of methoxy groups -OCH3 is 1. The van der Waals surface area contributed by atoms with E-state index in [9.17, 15) is 9.59 Å². The van der Waals surface area contributed by atoms with Crippen LogP contribution < -0.4 is 4.74 Å². The fraction of sp³-hybridized carbons (Fsp3) is 0.385. The van der Waals surface area contributed by atoms with Gasteiger partial charge in [-0.15, -0.1) is 0 Å². The summed E-state index contributed by atoms with van der Waals surface area (Å²) >= 11 is 7.70. The summed E-state index contributed by atoms with van der Waals surface area (Å²) in [4.78, 5) is 29.7. The van der Waals surface area contributed by atoms with Gasteiger partial charge in [-0.3, -0.25) is 0 Å². The Morgan fingerprint density at radius 2 is 1.78 bits per heavy atom. The smallest absolute Gasteiger partial charge is 0.350 e. The van der Waals surface area contributed by atoms with Crippen LogP contribution in [0.15, 0.2) is 12.4 Å². The van der Waals surface area contributed by atoms with E-state index in [2.05, 4.69) is 14.7 Å². The quantitative estimate of drug-likeness (QED) is 0.814. The maximum absolute atomic E-state index is 11.4. The van der Waals surface area contributed by atoms with Crippen molar-refractivity contribution in [3.8, 4) is 5.19 Å². The van der Waals surface area contributed by atoms with Gasteiger partial charge in [0, 0.05) is 0 Å². The van der Waals surface area contributed by atoms with Crippen LogP contribution in [0, 0.1) is 0 Å². The number of ether oxygens (including phenoxy) is 2. The molecule has 2 heterocycles. The molecule has 0 saturated heterocycles. The number of hydrogen-bond acceptors (Lipinski definition) is 8. The van der Waals surface area contributed by atoms with E-state index >= 15 is 0 Å². The van der Waals surface area contributed by atoms with Gasteiger partial charge >= 0.3 is 11.9 Å². The van der Waals surface area contributed by atoms with Crippen LogP contribution in [-0.2, 0) is 4.74 Å². The molecule has 1 N–H and O–H groups in total. The lowest BCUT2D eigenvalue weighted by atomic mass is 10.2. The zero-order chi connectivity index (χ0) is 17.6. The highest BCUT2D eigenvalue weighted by Gasteiger charge is 2.19. The molecule has 0 aliphatic heterocycles. The lowest BCUT2D eigenvalue weighted by Crippen LogP contribution is -2.23. The van der Waals surface area contributed by atoms with Gasteiger partial charge in [0.25, 0.3) is 5.19 Å². The van der Waals surface area contributed by atoms with E-state index in [-0.39, 0.29) is 10.8 Å². The van der Waals surface area contributed by atoms with Gasteiger partial charge in [0.15, 0.2) is 4.47 Å². The fourth-order valence-corrected chi connectivity index (χ4v) is 2.51. The van der Waals surface area contributed by atoms with Gasteiger partial charge in [-0.05, 0) is 20.8 Å². The Bertz CT molecular complexity index is 678. The number of esters is 1. The van der Waals surface area contributed by atoms with E-state index in [0.29, 0.717) is 14.5 Å². The molecule has 0 aromatic carbocycles. The zero-order valence-electron chi connectivity index (χ0n) is 12.8. The zero-order valence-corrected chi connectivity index (χ0v) is 15.2. The van der Waals surface area contributed by atoms with E-state index in [1.165, 1.54) is 19.5 Å². The summed E-state index contributed by atoms with van der Waals surface area (Å²) in [6.07, 6.45) is 2.69. The average Bonchev–Trinajstić information content (AvgIpc) is 3.05. The Hall–Kier alpha value is -1.71. The molecule has 2 aromatic rings. The van der Waals surface area contributed by atoms with E-state index in [1.54, 1.807) is 0 Å². The molecule has 0 bridgehead atoms. The van der Waals surface area contributed by atoms with Gasteiger partial charge in [0.2, 0.25) is 0 Å². The third-order valence-corrected chi connectivity index (χ3v) is 3.99. The van der Waals surface area contributed by atoms with E-state index in [4.69, 9.17) is 21.4 Å². The van der Waals surface area contributed by atoms with Crippen molar-refractivity contribution >= 4 is 46.2 Å². The third-order valence-electron chi connectivity index (χ3n) is 1.95. The van der Waals surface area contributed by atoms with Gasteiger partial charge in [-0.25, -0.2) is 19.6 Å². The first-order valence-electron chi connectivity index (χ1n) is 6.20. The molecule has 0 saturated carbocycles. The van der Waals surface area contributed by atoms with Crippen LogP contribution in [-0.4, -0.2) is 39.7 Å². The first kappa shape index (κ1) is 19.3. The molecule has 7 nitrogen and oxygen atoms in total. The van der Waals surface area contributed by atoms with Crippen molar-refractivity contribution in [2.24, 2.45) is 0 Å². The summed E-state index contributed by atoms with van der Waals surface area (Å²) in [5, 5.41) is 8.78. The average molecular weight is 379 g/mol. The van der Waals surface area contributed by atoms with E-state index in [1.807, 2.05) is 20.8 Å². The number of carbonyl (C=O) groups excluding carboxylic acids is 1. The van der Waals surface area contributed by atoms with Crippen molar-refractivity contribution in [2.75, 3.05) is 7.11 Å². The maximum atomic E-state index is 11.4. The number of hydrogen-bond donors (Lipinski definition) is 1. The maximum Gasteiger partial charge on any atom is 0.350 e. The lowest BCUT2D eigenvalue weighted by molar-refractivity contribution is 0.00747. The van der Waals surface area contributed by atoms with Crippen LogP contribution in [0.4, 0.5) is 0 Å². The van der Waals surface area contributed by atoms with Gasteiger partial charge in [0.1, 0.15) is 15.4 Å². The first-order chi connectivity index (χ1) is 10.6. The molecule has 126 valence electrons. The normalized spacial score (nSPS) is 10.5. The summed E-state index contributed by atoms with van der Waals surface area (Å²) in [6.45, 7) is 5.44. The van der Waals surface area contributed by atoms with Crippen molar-refractivity contribution in [2.45, 2.75) is 26.4 Å². The molecule has 0 aliphatic carbocycles. The summed E-state index contributed by atoms with van der Waals surface area (Å²) in [5.74, 6) is -1.35. The standard InChI is InChI=1S/C8H10ClNO2S.C5H5NO3S/c1-8(2,3)12-6(11)5-4-10-7(9)13-5;1-9-5-6-2-3(10-5)4(7)8/h4H,1-3H3;2H,1H3,(H,7,8). The first-order valence-corrected chi connectivity index (χ1v) is 8.21. The van der Waals surface area contributed by atoms with Crippen LogP contribution in [0.5, 0.6) is 5.19 Å². The third kappa shape index (κ3) is 6.93. The highest BCUT2D eigenvalue weighted by atomic mass is 35.5. The second kappa shape index (κ2) is 8.23. The number of carbonyl (C=O) groups is 2. The van der Waals surface area contributed by atoms with Crippen molar-refractivity contribution in [3.63, 3.8) is 0 Å². The number of aromatic carboxylic acids is 1. The Morgan fingerprint density at radius 3 is 2.13 bits per heavy atom. The van der Waals surface area contributed by atoms with E-state index in [0.717, 1.165) is 22.7 Å². The van der Waals surface area contributed by atoms with Crippen LogP contribution >= 0.6 is 34.3 Å². The largest absolute Gasteiger partial charge is 0.477 e.